The minimum absolute atomic E-state index is 0. The normalized spacial score (nSPS) is 17.4. The number of para-hydroxylation sites is 1. The molecule has 1 fully saturated rings. The number of anilines is 1. The number of hydrogen-bond acceptors (Lipinski definition) is 5. The summed E-state index contributed by atoms with van der Waals surface area (Å²) >= 11 is 0. The van der Waals surface area contributed by atoms with Gasteiger partial charge in [0.1, 0.15) is 12.7 Å². The molecule has 0 saturated carbocycles. The van der Waals surface area contributed by atoms with Crippen molar-refractivity contribution in [1.29, 1.82) is 0 Å². The average molecular weight is 202 g/mol. The van der Waals surface area contributed by atoms with E-state index in [1.165, 1.54) is 0 Å². The molecule has 1 atom stereocenters. The third-order valence-corrected chi connectivity index (χ3v) is 1.46. The lowest BCUT2D eigenvalue weighted by molar-refractivity contribution is -0.244. The molecule has 2 rings (SSSR count). The highest BCUT2D eigenvalue weighted by atomic mass is 17.1. The van der Waals surface area contributed by atoms with Crippen molar-refractivity contribution >= 4 is 5.69 Å². The molecule has 1 heterocycles. The van der Waals surface area contributed by atoms with Crippen LogP contribution in [-0.4, -0.2) is 24.6 Å². The molecule has 0 radical (unpaired) electrons. The van der Waals surface area contributed by atoms with Crippen LogP contribution >= 0.6 is 0 Å². The maximum absolute atomic E-state index is 7.70. The Morgan fingerprint density at radius 3 is 2.29 bits per heavy atom. The smallest absolute Gasteiger partial charge is 0.110 e. The number of epoxide rings is 1. The van der Waals surface area contributed by atoms with Gasteiger partial charge in [0.2, 0.25) is 0 Å². The van der Waals surface area contributed by atoms with Crippen molar-refractivity contribution in [2.75, 3.05) is 18.9 Å². The van der Waals surface area contributed by atoms with E-state index in [0.29, 0.717) is 6.61 Å². The van der Waals surface area contributed by atoms with Crippen molar-refractivity contribution in [2.24, 2.45) is 0 Å². The molecule has 1 aromatic rings. The Kier molecular flexibility index (Phi) is 6.69. The standard InChI is InChI=1S/C6H7N.C3H6O3.H3N.H2/c7-6-4-2-1-3-5-6;4-6-2-3-1-5-3;;/h1-5H,7H2;3-4H,1-2H2;1H3;1H. The molecule has 1 aliphatic rings. The van der Waals surface area contributed by atoms with Crippen molar-refractivity contribution in [3.63, 3.8) is 0 Å². The maximum Gasteiger partial charge on any atom is 0.110 e. The van der Waals surface area contributed by atoms with E-state index >= 15 is 0 Å². The summed E-state index contributed by atoms with van der Waals surface area (Å²) in [6.07, 6.45) is 0.176. The fourth-order valence-electron chi connectivity index (χ4n) is 0.700. The molecule has 0 bridgehead atoms. The van der Waals surface area contributed by atoms with Crippen LogP contribution in [0.25, 0.3) is 0 Å². The van der Waals surface area contributed by atoms with Gasteiger partial charge in [-0.15, -0.1) is 0 Å². The van der Waals surface area contributed by atoms with Crippen LogP contribution < -0.4 is 11.9 Å². The highest BCUT2D eigenvalue weighted by Gasteiger charge is 2.21. The van der Waals surface area contributed by atoms with Gasteiger partial charge in [-0.2, -0.15) is 0 Å². The molecule has 0 aliphatic carbocycles. The van der Waals surface area contributed by atoms with E-state index < -0.39 is 0 Å². The van der Waals surface area contributed by atoms with E-state index in [-0.39, 0.29) is 13.7 Å². The second-order valence-electron chi connectivity index (χ2n) is 2.66. The van der Waals surface area contributed by atoms with E-state index in [2.05, 4.69) is 9.62 Å². The van der Waals surface area contributed by atoms with E-state index in [1.807, 2.05) is 30.3 Å². The summed E-state index contributed by atoms with van der Waals surface area (Å²) in [6, 6.07) is 9.49. The second-order valence-corrected chi connectivity index (χ2v) is 2.66. The lowest BCUT2D eigenvalue weighted by Gasteiger charge is -1.83. The van der Waals surface area contributed by atoms with Gasteiger partial charge in [-0.25, -0.2) is 4.89 Å². The minimum Gasteiger partial charge on any atom is -0.399 e. The van der Waals surface area contributed by atoms with Crippen molar-refractivity contribution in [1.82, 2.24) is 6.15 Å². The Hall–Kier alpha value is -1.14. The highest BCUT2D eigenvalue weighted by molar-refractivity contribution is 5.35. The molecule has 0 amide bonds. The SMILES string of the molecule is N.Nc1ccccc1.OOCC1CO1.[HH]. The van der Waals surface area contributed by atoms with Gasteiger partial charge in [-0.05, 0) is 12.1 Å². The number of benzene rings is 1. The first kappa shape index (κ1) is 12.9. The Morgan fingerprint density at radius 1 is 1.50 bits per heavy atom. The molecular weight excluding hydrogens is 184 g/mol. The zero-order valence-corrected chi connectivity index (χ0v) is 7.93. The number of ether oxygens (including phenoxy) is 1. The largest absolute Gasteiger partial charge is 0.399 e. The van der Waals surface area contributed by atoms with Gasteiger partial charge in [0, 0.05) is 7.11 Å². The highest BCUT2D eigenvalue weighted by Crippen LogP contribution is 2.06. The fourth-order valence-corrected chi connectivity index (χ4v) is 0.700. The van der Waals surface area contributed by atoms with Gasteiger partial charge in [0.05, 0.1) is 6.61 Å². The van der Waals surface area contributed by atoms with Crippen LogP contribution in [0.1, 0.15) is 1.43 Å². The maximum atomic E-state index is 7.70. The summed E-state index contributed by atoms with van der Waals surface area (Å²) < 4.78 is 4.66. The molecule has 14 heavy (non-hydrogen) atoms. The van der Waals surface area contributed by atoms with E-state index in [9.17, 15) is 0 Å². The summed E-state index contributed by atoms with van der Waals surface area (Å²) in [5, 5.41) is 7.70. The van der Waals surface area contributed by atoms with Gasteiger partial charge in [-0.3, -0.25) is 5.26 Å². The van der Waals surface area contributed by atoms with Crippen LogP contribution in [0.5, 0.6) is 0 Å². The summed E-state index contributed by atoms with van der Waals surface area (Å²) in [5.41, 5.74) is 6.18. The van der Waals surface area contributed by atoms with Crippen molar-refractivity contribution in [2.45, 2.75) is 6.10 Å². The first-order valence-electron chi connectivity index (χ1n) is 4.01. The van der Waals surface area contributed by atoms with E-state index in [0.717, 1.165) is 12.3 Å². The zero-order chi connectivity index (χ0) is 9.52. The van der Waals surface area contributed by atoms with Gasteiger partial charge in [-0.1, -0.05) is 18.2 Å². The first-order valence-corrected chi connectivity index (χ1v) is 4.01. The van der Waals surface area contributed by atoms with Crippen LogP contribution in [0.4, 0.5) is 5.69 Å². The van der Waals surface area contributed by atoms with Crippen LogP contribution in [0.15, 0.2) is 30.3 Å². The lowest BCUT2D eigenvalue weighted by atomic mass is 10.3. The summed E-state index contributed by atoms with van der Waals surface area (Å²) in [6.45, 7) is 1.06. The molecule has 1 aromatic carbocycles. The molecule has 0 spiro atoms. The molecule has 0 aromatic heterocycles. The monoisotopic (exact) mass is 202 g/mol. The Bertz CT molecular complexity index is 232. The van der Waals surface area contributed by atoms with Gasteiger partial charge >= 0.3 is 0 Å². The van der Waals surface area contributed by atoms with Crippen LogP contribution in [0, 0.1) is 0 Å². The van der Waals surface area contributed by atoms with Crippen LogP contribution in [0.2, 0.25) is 0 Å². The number of rotatable bonds is 2. The number of hydrogen-bond donors (Lipinski definition) is 3. The Labute approximate surface area is 84.4 Å². The van der Waals surface area contributed by atoms with Crippen LogP contribution in [0.3, 0.4) is 0 Å². The van der Waals surface area contributed by atoms with Gasteiger partial charge in [0.15, 0.2) is 0 Å². The summed E-state index contributed by atoms with van der Waals surface area (Å²) in [4.78, 5) is 3.74. The topological polar surface area (TPSA) is 103 Å². The molecule has 82 valence electrons. The summed E-state index contributed by atoms with van der Waals surface area (Å²) in [5.74, 6) is 0. The molecule has 5 nitrogen and oxygen atoms in total. The van der Waals surface area contributed by atoms with E-state index in [4.69, 9.17) is 11.0 Å². The molecule has 1 saturated heterocycles. The number of nitrogen functional groups attached to an aromatic ring is 1. The quantitative estimate of drug-likeness (QED) is 0.292. The third kappa shape index (κ3) is 6.38. The molecule has 1 unspecified atom stereocenters. The number of nitrogens with two attached hydrogens (primary N) is 1. The zero-order valence-electron chi connectivity index (χ0n) is 7.93. The van der Waals surface area contributed by atoms with Crippen molar-refractivity contribution < 1.29 is 16.3 Å². The lowest BCUT2D eigenvalue weighted by Crippen LogP contribution is -1.95. The molecule has 1 aliphatic heterocycles. The summed E-state index contributed by atoms with van der Waals surface area (Å²) in [7, 11) is 0. The Balaban J connectivity index is 0. The van der Waals surface area contributed by atoms with Crippen molar-refractivity contribution in [3.8, 4) is 0 Å². The van der Waals surface area contributed by atoms with E-state index in [1.54, 1.807) is 0 Å². The average Bonchev–Trinajstić information content (AvgIpc) is 2.91. The predicted molar refractivity (Wildman–Crippen MR) is 56.3 cm³/mol. The third-order valence-electron chi connectivity index (χ3n) is 1.46. The fraction of sp³-hybridized carbons (Fsp3) is 0.333. The molecular formula is C9H18N2O3. The van der Waals surface area contributed by atoms with Gasteiger partial charge in [0.25, 0.3) is 0 Å². The van der Waals surface area contributed by atoms with Gasteiger partial charge < -0.3 is 16.6 Å². The second kappa shape index (κ2) is 7.28. The minimum atomic E-state index is 0. The first-order chi connectivity index (χ1) is 6.33. The predicted octanol–water partition coefficient (Wildman–Crippen LogP) is 1.55. The molecule has 6 N–H and O–H groups in total. The van der Waals surface area contributed by atoms with Crippen LogP contribution in [-0.2, 0) is 9.62 Å². The molecule has 5 heteroatoms. The van der Waals surface area contributed by atoms with Crippen molar-refractivity contribution in [3.05, 3.63) is 30.3 Å². The Morgan fingerprint density at radius 2 is 2.07 bits per heavy atom.